The van der Waals surface area contributed by atoms with Crippen LogP contribution in [-0.4, -0.2) is 9.55 Å². The van der Waals surface area contributed by atoms with Gasteiger partial charge < -0.3 is 4.57 Å². The molecule has 0 aliphatic carbocycles. The predicted octanol–water partition coefficient (Wildman–Crippen LogP) is 4.76. The van der Waals surface area contributed by atoms with Crippen LogP contribution in [0.3, 0.4) is 0 Å². The zero-order valence-corrected chi connectivity index (χ0v) is 11.7. The quantitative estimate of drug-likeness (QED) is 0.656. The Kier molecular flexibility index (Phi) is 24.3. The van der Waals surface area contributed by atoms with Crippen molar-refractivity contribution in [2.75, 3.05) is 0 Å². The van der Waals surface area contributed by atoms with Crippen LogP contribution in [0.25, 0.3) is 6.20 Å². The molecule has 0 bridgehead atoms. The smallest absolute Gasteiger partial charge is 0.109 e. The van der Waals surface area contributed by atoms with E-state index in [-0.39, 0.29) is 0 Å². The lowest BCUT2D eigenvalue weighted by Crippen LogP contribution is -1.85. The first-order valence-corrected chi connectivity index (χ1v) is 5.97. The van der Waals surface area contributed by atoms with Crippen molar-refractivity contribution in [1.82, 2.24) is 9.55 Å². The van der Waals surface area contributed by atoms with Crippen LogP contribution in [0, 0.1) is 6.92 Å². The standard InChI is InChI=1S/C7H10N2.3C2H6/c1-3-5-9-6-4-8-7(9)2;3*1-2/h3-6H,1-2H3;3*1-2H3/b5-3-;;;. The van der Waals surface area contributed by atoms with Crippen molar-refractivity contribution in [1.29, 1.82) is 0 Å². The number of imidazole rings is 1. The van der Waals surface area contributed by atoms with Crippen molar-refractivity contribution in [3.63, 3.8) is 0 Å². The second-order valence-electron chi connectivity index (χ2n) is 1.86. The van der Waals surface area contributed by atoms with Gasteiger partial charge >= 0.3 is 0 Å². The van der Waals surface area contributed by atoms with Crippen LogP contribution < -0.4 is 0 Å². The van der Waals surface area contributed by atoms with E-state index in [1.807, 2.05) is 78.4 Å². The van der Waals surface area contributed by atoms with Gasteiger partial charge in [0.2, 0.25) is 0 Å². The Balaban J connectivity index is -0.000000208. The highest BCUT2D eigenvalue weighted by molar-refractivity contribution is 5.22. The van der Waals surface area contributed by atoms with Gasteiger partial charge in [0.25, 0.3) is 0 Å². The van der Waals surface area contributed by atoms with Crippen molar-refractivity contribution in [3.8, 4) is 0 Å². The van der Waals surface area contributed by atoms with E-state index >= 15 is 0 Å². The predicted molar refractivity (Wildman–Crippen MR) is 72.0 cm³/mol. The number of rotatable bonds is 1. The molecular formula is C13H28N2. The summed E-state index contributed by atoms with van der Waals surface area (Å²) in [6, 6.07) is 0. The fraction of sp³-hybridized carbons (Fsp3) is 0.615. The molecule has 0 N–H and O–H groups in total. The lowest BCUT2D eigenvalue weighted by Gasteiger charge is -1.91. The third-order valence-corrected chi connectivity index (χ3v) is 1.17. The largest absolute Gasteiger partial charge is 0.311 e. The molecular weight excluding hydrogens is 184 g/mol. The summed E-state index contributed by atoms with van der Waals surface area (Å²) in [6.45, 7) is 16.0. The molecule has 1 aromatic heterocycles. The molecule has 2 heteroatoms. The number of hydrogen-bond donors (Lipinski definition) is 0. The number of aromatic nitrogens is 2. The molecule has 90 valence electrons. The summed E-state index contributed by atoms with van der Waals surface area (Å²) in [5.41, 5.74) is 0. The molecule has 0 aromatic carbocycles. The van der Waals surface area contributed by atoms with Gasteiger partial charge in [0.1, 0.15) is 5.82 Å². The van der Waals surface area contributed by atoms with E-state index in [1.165, 1.54) is 0 Å². The molecule has 1 heterocycles. The van der Waals surface area contributed by atoms with E-state index in [4.69, 9.17) is 0 Å². The molecule has 1 aromatic rings. The summed E-state index contributed by atoms with van der Waals surface area (Å²) in [5, 5.41) is 0. The van der Waals surface area contributed by atoms with Crippen molar-refractivity contribution in [3.05, 3.63) is 24.3 Å². The van der Waals surface area contributed by atoms with Crippen molar-refractivity contribution < 1.29 is 0 Å². The molecule has 0 aliphatic heterocycles. The maximum Gasteiger partial charge on any atom is 0.109 e. The topological polar surface area (TPSA) is 17.8 Å². The fourth-order valence-corrected chi connectivity index (χ4v) is 0.706. The molecule has 0 saturated carbocycles. The van der Waals surface area contributed by atoms with Crippen LogP contribution in [0.4, 0.5) is 0 Å². The minimum atomic E-state index is 1.02. The molecule has 15 heavy (non-hydrogen) atoms. The summed E-state index contributed by atoms with van der Waals surface area (Å²) in [6.07, 6.45) is 7.67. The van der Waals surface area contributed by atoms with Crippen molar-refractivity contribution >= 4 is 6.20 Å². The highest BCUT2D eigenvalue weighted by Crippen LogP contribution is 1.94. The summed E-state index contributed by atoms with van der Waals surface area (Å²) >= 11 is 0. The van der Waals surface area contributed by atoms with Crippen LogP contribution in [0.15, 0.2) is 18.5 Å². The minimum absolute atomic E-state index is 1.02. The van der Waals surface area contributed by atoms with Crippen LogP contribution in [0.1, 0.15) is 54.3 Å². The summed E-state index contributed by atoms with van der Waals surface area (Å²) < 4.78 is 1.97. The second kappa shape index (κ2) is 18.7. The first kappa shape index (κ1) is 19.5. The van der Waals surface area contributed by atoms with Crippen molar-refractivity contribution in [2.24, 2.45) is 0 Å². The molecule has 2 nitrogen and oxygen atoms in total. The van der Waals surface area contributed by atoms with Crippen LogP contribution in [0.2, 0.25) is 0 Å². The maximum atomic E-state index is 4.05. The summed E-state index contributed by atoms with van der Waals surface area (Å²) in [5.74, 6) is 1.02. The molecule has 0 aliphatic rings. The van der Waals surface area contributed by atoms with Gasteiger partial charge in [-0.15, -0.1) is 0 Å². The molecule has 0 radical (unpaired) electrons. The van der Waals surface area contributed by atoms with Gasteiger partial charge in [-0.05, 0) is 13.8 Å². The zero-order chi connectivity index (χ0) is 12.7. The lowest BCUT2D eigenvalue weighted by atomic mass is 10.6. The van der Waals surface area contributed by atoms with Gasteiger partial charge in [0.15, 0.2) is 0 Å². The van der Waals surface area contributed by atoms with Gasteiger partial charge in [0.05, 0.1) is 0 Å². The molecule has 0 spiro atoms. The highest BCUT2D eigenvalue weighted by Gasteiger charge is 1.87. The van der Waals surface area contributed by atoms with Crippen LogP contribution >= 0.6 is 0 Å². The fourth-order valence-electron chi connectivity index (χ4n) is 0.706. The molecule has 0 unspecified atom stereocenters. The second-order valence-corrected chi connectivity index (χ2v) is 1.86. The SMILES string of the molecule is C/C=C\n1ccnc1C.CC.CC.CC. The van der Waals surface area contributed by atoms with E-state index in [0.29, 0.717) is 0 Å². The number of nitrogens with zero attached hydrogens (tertiary/aromatic N) is 2. The number of aryl methyl sites for hydroxylation is 1. The van der Waals surface area contributed by atoms with Gasteiger partial charge in [-0.3, -0.25) is 0 Å². The van der Waals surface area contributed by atoms with Gasteiger partial charge in [-0.1, -0.05) is 47.6 Å². The van der Waals surface area contributed by atoms with E-state index in [0.717, 1.165) is 5.82 Å². The van der Waals surface area contributed by atoms with Gasteiger partial charge in [-0.2, -0.15) is 0 Å². The van der Waals surface area contributed by atoms with Crippen LogP contribution in [0.5, 0.6) is 0 Å². The van der Waals surface area contributed by atoms with Gasteiger partial charge in [-0.25, -0.2) is 4.98 Å². The summed E-state index contributed by atoms with van der Waals surface area (Å²) in [7, 11) is 0. The third kappa shape index (κ3) is 10.9. The normalized spacial score (nSPS) is 7.73. The molecule has 1 rings (SSSR count). The maximum absolute atomic E-state index is 4.05. The van der Waals surface area contributed by atoms with Gasteiger partial charge in [0, 0.05) is 18.6 Å². The summed E-state index contributed by atoms with van der Waals surface area (Å²) in [4.78, 5) is 4.05. The van der Waals surface area contributed by atoms with E-state index < -0.39 is 0 Å². The Morgan fingerprint density at radius 3 is 1.80 bits per heavy atom. The Bertz CT molecular complexity index is 212. The Hall–Kier alpha value is -1.05. The average Bonchev–Trinajstić information content (AvgIpc) is 2.74. The Morgan fingerprint density at radius 1 is 1.07 bits per heavy atom. The Labute approximate surface area is 96.0 Å². The average molecular weight is 212 g/mol. The van der Waals surface area contributed by atoms with E-state index in [2.05, 4.69) is 4.98 Å². The van der Waals surface area contributed by atoms with Crippen molar-refractivity contribution in [2.45, 2.75) is 55.4 Å². The first-order chi connectivity index (χ1) is 7.34. The first-order valence-electron chi connectivity index (χ1n) is 5.97. The van der Waals surface area contributed by atoms with E-state index in [9.17, 15) is 0 Å². The molecule has 0 saturated heterocycles. The molecule has 0 fully saturated rings. The number of hydrogen-bond acceptors (Lipinski definition) is 1. The zero-order valence-electron chi connectivity index (χ0n) is 11.7. The van der Waals surface area contributed by atoms with Crippen LogP contribution in [-0.2, 0) is 0 Å². The lowest BCUT2D eigenvalue weighted by molar-refractivity contribution is 1.03. The molecule has 0 amide bonds. The number of allylic oxidation sites excluding steroid dienone is 1. The van der Waals surface area contributed by atoms with E-state index in [1.54, 1.807) is 6.20 Å². The Morgan fingerprint density at radius 2 is 1.53 bits per heavy atom. The third-order valence-electron chi connectivity index (χ3n) is 1.17. The highest BCUT2D eigenvalue weighted by atomic mass is 15.0. The monoisotopic (exact) mass is 212 g/mol. The minimum Gasteiger partial charge on any atom is -0.311 e. The molecule has 0 atom stereocenters.